The number of aromatic nitrogens is 2. The van der Waals surface area contributed by atoms with E-state index in [0.29, 0.717) is 28.8 Å². The predicted molar refractivity (Wildman–Crippen MR) is 135 cm³/mol. The van der Waals surface area contributed by atoms with Crippen molar-refractivity contribution in [3.63, 3.8) is 0 Å². The highest BCUT2D eigenvalue weighted by Crippen LogP contribution is 2.39. The monoisotopic (exact) mass is 466 g/mol. The number of amides is 2. The molecule has 35 heavy (non-hydrogen) atoms. The summed E-state index contributed by atoms with van der Waals surface area (Å²) in [7, 11) is 1.61. The first kappa shape index (κ1) is 22.4. The number of urea groups is 1. The van der Waals surface area contributed by atoms with Gasteiger partial charge in [-0.3, -0.25) is 4.90 Å². The van der Waals surface area contributed by atoms with Crippen LogP contribution in [-0.2, 0) is 6.42 Å². The van der Waals surface area contributed by atoms with E-state index in [1.807, 2.05) is 73.7 Å². The molecule has 7 heteroatoms. The van der Waals surface area contributed by atoms with Crippen LogP contribution >= 0.6 is 0 Å². The highest BCUT2D eigenvalue weighted by atomic mass is 16.5. The lowest BCUT2D eigenvalue weighted by Crippen LogP contribution is -2.46. The van der Waals surface area contributed by atoms with E-state index in [0.717, 1.165) is 23.1 Å². The summed E-state index contributed by atoms with van der Waals surface area (Å²) < 4.78 is 11.0. The number of carbonyl (C=O) groups excluding carboxylic acids is 1. The summed E-state index contributed by atoms with van der Waals surface area (Å²) in [5, 5.41) is 7.37. The third-order valence-corrected chi connectivity index (χ3v) is 6.23. The number of ether oxygens (including phenoxy) is 1. The van der Waals surface area contributed by atoms with Gasteiger partial charge in [-0.15, -0.1) is 0 Å². The lowest BCUT2D eigenvalue weighted by Gasteiger charge is -2.35. The molecular weight excluding hydrogens is 440 g/mol. The van der Waals surface area contributed by atoms with Crippen LogP contribution in [0.15, 0.2) is 89.1 Å². The van der Waals surface area contributed by atoms with Crippen molar-refractivity contribution < 1.29 is 14.1 Å². The largest absolute Gasteiger partial charge is 0.497 e. The average molecular weight is 467 g/mol. The van der Waals surface area contributed by atoms with Crippen LogP contribution in [0.2, 0.25) is 0 Å². The normalized spacial score (nSPS) is 15.8. The molecule has 2 amide bonds. The molecule has 0 spiro atoms. The van der Waals surface area contributed by atoms with Crippen molar-refractivity contribution in [2.75, 3.05) is 12.0 Å². The van der Waals surface area contributed by atoms with Gasteiger partial charge in [-0.1, -0.05) is 66.7 Å². The van der Waals surface area contributed by atoms with Crippen LogP contribution < -0.4 is 15.0 Å². The van der Waals surface area contributed by atoms with Crippen molar-refractivity contribution >= 4 is 17.3 Å². The minimum absolute atomic E-state index is 0.236. The number of anilines is 1. The highest BCUT2D eigenvalue weighted by molar-refractivity contribution is 6.01. The van der Waals surface area contributed by atoms with Gasteiger partial charge < -0.3 is 14.6 Å². The zero-order valence-electron chi connectivity index (χ0n) is 19.9. The van der Waals surface area contributed by atoms with Crippen LogP contribution in [0.4, 0.5) is 10.5 Å². The van der Waals surface area contributed by atoms with Crippen molar-refractivity contribution in [1.29, 1.82) is 0 Å². The number of benzene rings is 3. The van der Waals surface area contributed by atoms with Gasteiger partial charge in [0.25, 0.3) is 5.89 Å². The molecule has 1 aliphatic rings. The number of carbonyl (C=O) groups is 1. The smallest absolute Gasteiger partial charge is 0.326 e. The Hall–Kier alpha value is -4.39. The minimum atomic E-state index is -0.436. The number of hydrogen-bond acceptors (Lipinski definition) is 5. The van der Waals surface area contributed by atoms with Crippen molar-refractivity contribution in [3.8, 4) is 17.1 Å². The lowest BCUT2D eigenvalue weighted by molar-refractivity contribution is 0.244. The van der Waals surface area contributed by atoms with E-state index < -0.39 is 6.04 Å². The number of hydrogen-bond donors (Lipinski definition) is 1. The fourth-order valence-electron chi connectivity index (χ4n) is 4.30. The molecule has 7 nitrogen and oxygen atoms in total. The number of rotatable bonds is 6. The molecule has 0 saturated heterocycles. The van der Waals surface area contributed by atoms with Crippen LogP contribution in [0.1, 0.15) is 36.9 Å². The third kappa shape index (κ3) is 4.28. The molecule has 0 fully saturated rings. The fraction of sp³-hybridized carbons (Fsp3) is 0.179. The Bertz CT molecular complexity index is 1360. The van der Waals surface area contributed by atoms with Crippen molar-refractivity contribution in [3.05, 3.63) is 102 Å². The van der Waals surface area contributed by atoms with Crippen LogP contribution in [-0.4, -0.2) is 23.3 Å². The summed E-state index contributed by atoms with van der Waals surface area (Å²) in [6.07, 6.45) is 0.962. The van der Waals surface area contributed by atoms with Gasteiger partial charge in [0.15, 0.2) is 0 Å². The maximum Gasteiger partial charge on any atom is 0.326 e. The molecule has 1 atom stereocenters. The maximum absolute atomic E-state index is 13.3. The number of nitrogens with one attached hydrogen (secondary N) is 1. The summed E-state index contributed by atoms with van der Waals surface area (Å²) >= 11 is 0. The van der Waals surface area contributed by atoms with Gasteiger partial charge in [-0.05, 0) is 48.7 Å². The predicted octanol–water partition coefficient (Wildman–Crippen LogP) is 6.01. The summed E-state index contributed by atoms with van der Waals surface area (Å²) in [6, 6.07) is 24.6. The number of allylic oxidation sites excluding steroid dienone is 1. The topological polar surface area (TPSA) is 80.5 Å². The Balaban J connectivity index is 1.61. The zero-order valence-corrected chi connectivity index (χ0v) is 19.9. The first-order valence-electron chi connectivity index (χ1n) is 11.5. The quantitative estimate of drug-likeness (QED) is 0.376. The van der Waals surface area contributed by atoms with Gasteiger partial charge in [0.2, 0.25) is 5.82 Å². The second-order valence-electron chi connectivity index (χ2n) is 8.30. The molecule has 1 aliphatic heterocycles. The van der Waals surface area contributed by atoms with E-state index in [9.17, 15) is 4.79 Å². The Morgan fingerprint density at radius 2 is 1.71 bits per heavy atom. The Labute approximate surface area is 204 Å². The van der Waals surface area contributed by atoms with E-state index in [4.69, 9.17) is 14.2 Å². The standard InChI is InChI=1S/C28H26N4O3/c1-4-19-10-12-21(13-11-19)26-30-27(35-31-26)24-18(2)32(22-14-16-23(34-3)17-15-22)28(33)29-25(24)20-8-6-5-7-9-20/h5-17,25H,4H2,1-3H3,(H,29,33). The zero-order chi connectivity index (χ0) is 24.4. The second kappa shape index (κ2) is 9.46. The molecule has 3 aromatic carbocycles. The first-order chi connectivity index (χ1) is 17.1. The Morgan fingerprint density at radius 3 is 2.37 bits per heavy atom. The molecule has 5 rings (SSSR count). The van der Waals surface area contributed by atoms with Gasteiger partial charge in [-0.2, -0.15) is 4.98 Å². The van der Waals surface area contributed by atoms with E-state index in [-0.39, 0.29) is 6.03 Å². The van der Waals surface area contributed by atoms with Gasteiger partial charge >= 0.3 is 6.03 Å². The summed E-state index contributed by atoms with van der Waals surface area (Å²) in [6.45, 7) is 4.01. The minimum Gasteiger partial charge on any atom is -0.497 e. The van der Waals surface area contributed by atoms with E-state index in [1.54, 1.807) is 12.0 Å². The molecule has 0 aliphatic carbocycles. The molecule has 1 N–H and O–H groups in total. The van der Waals surface area contributed by atoms with Crippen LogP contribution in [0.3, 0.4) is 0 Å². The molecular formula is C28H26N4O3. The molecule has 0 saturated carbocycles. The molecule has 1 aromatic heterocycles. The van der Waals surface area contributed by atoms with Crippen LogP contribution in [0, 0.1) is 0 Å². The van der Waals surface area contributed by atoms with Crippen molar-refractivity contribution in [1.82, 2.24) is 15.5 Å². The van der Waals surface area contributed by atoms with Crippen molar-refractivity contribution in [2.24, 2.45) is 0 Å². The highest BCUT2D eigenvalue weighted by Gasteiger charge is 2.36. The molecule has 1 unspecified atom stereocenters. The summed E-state index contributed by atoms with van der Waals surface area (Å²) in [5.74, 6) is 1.58. The number of methoxy groups -OCH3 is 1. The fourth-order valence-corrected chi connectivity index (χ4v) is 4.30. The molecule has 2 heterocycles. The molecule has 0 bridgehead atoms. The van der Waals surface area contributed by atoms with Gasteiger partial charge in [-0.25, -0.2) is 4.79 Å². The van der Waals surface area contributed by atoms with Gasteiger partial charge in [0.1, 0.15) is 5.75 Å². The second-order valence-corrected chi connectivity index (χ2v) is 8.30. The van der Waals surface area contributed by atoms with Crippen LogP contribution in [0.25, 0.3) is 17.0 Å². The molecule has 4 aromatic rings. The third-order valence-electron chi connectivity index (χ3n) is 6.23. The summed E-state index contributed by atoms with van der Waals surface area (Å²) in [5.41, 5.74) is 5.21. The summed E-state index contributed by atoms with van der Waals surface area (Å²) in [4.78, 5) is 19.6. The lowest BCUT2D eigenvalue weighted by atomic mass is 9.94. The maximum atomic E-state index is 13.3. The van der Waals surface area contributed by atoms with Crippen LogP contribution in [0.5, 0.6) is 5.75 Å². The average Bonchev–Trinajstić information content (AvgIpc) is 3.39. The van der Waals surface area contributed by atoms with Gasteiger partial charge in [0, 0.05) is 11.3 Å². The Kier molecular flexibility index (Phi) is 6.06. The first-order valence-corrected chi connectivity index (χ1v) is 11.5. The molecule has 176 valence electrons. The van der Waals surface area contributed by atoms with Crippen molar-refractivity contribution in [2.45, 2.75) is 26.3 Å². The number of aryl methyl sites for hydroxylation is 1. The number of nitrogens with zero attached hydrogens (tertiary/aromatic N) is 3. The van der Waals surface area contributed by atoms with E-state index in [1.165, 1.54) is 5.56 Å². The van der Waals surface area contributed by atoms with Gasteiger partial charge in [0.05, 0.1) is 24.4 Å². The SMILES string of the molecule is CCc1ccc(-c2noc(C3=C(C)N(c4ccc(OC)cc4)C(=O)NC3c3ccccc3)n2)cc1. The Morgan fingerprint density at radius 1 is 1.00 bits per heavy atom. The van der Waals surface area contributed by atoms with E-state index >= 15 is 0 Å². The molecule has 0 radical (unpaired) electrons. The van der Waals surface area contributed by atoms with E-state index in [2.05, 4.69) is 29.5 Å².